The van der Waals surface area contributed by atoms with E-state index in [1.54, 1.807) is 4.90 Å². The van der Waals surface area contributed by atoms with Gasteiger partial charge in [0.2, 0.25) is 11.8 Å². The number of primary amides is 1. The molecular formula is C16H27N3O3. The van der Waals surface area contributed by atoms with Crippen molar-refractivity contribution in [3.8, 4) is 0 Å². The van der Waals surface area contributed by atoms with Crippen LogP contribution in [0.5, 0.6) is 0 Å². The fourth-order valence-electron chi connectivity index (χ4n) is 4.07. The summed E-state index contributed by atoms with van der Waals surface area (Å²) in [6, 6.07) is 0. The Bertz CT molecular complexity index is 444. The molecule has 2 amide bonds. The predicted molar refractivity (Wildman–Crippen MR) is 81.8 cm³/mol. The van der Waals surface area contributed by atoms with Gasteiger partial charge in [0.15, 0.2) is 0 Å². The van der Waals surface area contributed by atoms with Gasteiger partial charge in [-0.05, 0) is 57.0 Å². The van der Waals surface area contributed by atoms with E-state index in [-0.39, 0.29) is 18.4 Å². The van der Waals surface area contributed by atoms with Gasteiger partial charge in [0, 0.05) is 26.2 Å². The topological polar surface area (TPSA) is 86.9 Å². The number of amides is 2. The third kappa shape index (κ3) is 2.99. The van der Waals surface area contributed by atoms with Crippen molar-refractivity contribution in [1.82, 2.24) is 9.80 Å². The van der Waals surface area contributed by atoms with Crippen LogP contribution in [-0.4, -0.2) is 66.1 Å². The molecule has 2 saturated heterocycles. The molecule has 0 unspecified atom stereocenters. The molecule has 3 aliphatic rings. The minimum absolute atomic E-state index is 0.101. The van der Waals surface area contributed by atoms with Crippen LogP contribution >= 0.6 is 0 Å². The van der Waals surface area contributed by atoms with E-state index >= 15 is 0 Å². The van der Waals surface area contributed by atoms with Crippen LogP contribution in [0.25, 0.3) is 0 Å². The normalized spacial score (nSPS) is 31.2. The van der Waals surface area contributed by atoms with Crippen LogP contribution in [0.1, 0.15) is 32.1 Å². The van der Waals surface area contributed by atoms with Crippen LogP contribution in [0.2, 0.25) is 0 Å². The van der Waals surface area contributed by atoms with E-state index in [4.69, 9.17) is 5.73 Å². The van der Waals surface area contributed by atoms with E-state index in [0.29, 0.717) is 31.8 Å². The molecule has 0 spiro atoms. The lowest BCUT2D eigenvalue weighted by Gasteiger charge is -2.39. The van der Waals surface area contributed by atoms with Gasteiger partial charge in [0.05, 0.1) is 0 Å². The molecule has 0 bridgehead atoms. The average Bonchev–Trinajstić information content (AvgIpc) is 3.18. The summed E-state index contributed by atoms with van der Waals surface area (Å²) in [5, 5.41) is 9.55. The Hall–Kier alpha value is -1.14. The minimum Gasteiger partial charge on any atom is -0.396 e. The summed E-state index contributed by atoms with van der Waals surface area (Å²) >= 11 is 0. The third-order valence-corrected chi connectivity index (χ3v) is 5.52. The molecule has 2 heterocycles. The third-order valence-electron chi connectivity index (χ3n) is 5.52. The first-order chi connectivity index (χ1) is 10.5. The number of likely N-dealkylation sites (tertiary alicyclic amines) is 2. The largest absolute Gasteiger partial charge is 0.396 e. The lowest BCUT2D eigenvalue weighted by molar-refractivity contribution is -0.145. The number of carbonyl (C=O) groups excluding carboxylic acids is 2. The number of hydrogen-bond acceptors (Lipinski definition) is 4. The van der Waals surface area contributed by atoms with Crippen molar-refractivity contribution in [2.45, 2.75) is 32.1 Å². The Morgan fingerprint density at radius 1 is 1.14 bits per heavy atom. The Kier molecular flexibility index (Phi) is 4.41. The maximum Gasteiger partial charge on any atom is 0.238 e. The van der Waals surface area contributed by atoms with Crippen molar-refractivity contribution in [3.05, 3.63) is 0 Å². The van der Waals surface area contributed by atoms with Gasteiger partial charge in [0.25, 0.3) is 0 Å². The molecule has 2 atom stereocenters. The predicted octanol–water partition coefficient (Wildman–Crippen LogP) is -0.195. The van der Waals surface area contributed by atoms with E-state index in [2.05, 4.69) is 4.90 Å². The summed E-state index contributed by atoms with van der Waals surface area (Å²) in [6.07, 6.45) is 4.63. The SMILES string of the molecule is NC(=O)C1(C(=O)N2C[C@@H](CN3CCCC3)C[C@H](CO)C2)CC1. The fourth-order valence-corrected chi connectivity index (χ4v) is 4.07. The van der Waals surface area contributed by atoms with Crippen LogP contribution in [0, 0.1) is 17.3 Å². The first-order valence-corrected chi connectivity index (χ1v) is 8.47. The van der Waals surface area contributed by atoms with Gasteiger partial charge in [-0.3, -0.25) is 9.59 Å². The van der Waals surface area contributed by atoms with Crippen LogP contribution in [0.4, 0.5) is 0 Å². The van der Waals surface area contributed by atoms with Gasteiger partial charge in [-0.15, -0.1) is 0 Å². The molecule has 3 N–H and O–H groups in total. The highest BCUT2D eigenvalue weighted by Crippen LogP contribution is 2.47. The van der Waals surface area contributed by atoms with Gasteiger partial charge in [-0.25, -0.2) is 0 Å². The second kappa shape index (κ2) is 6.16. The highest BCUT2D eigenvalue weighted by molar-refractivity contribution is 6.07. The molecule has 6 nitrogen and oxygen atoms in total. The lowest BCUT2D eigenvalue weighted by atomic mass is 9.88. The molecule has 0 aromatic carbocycles. The first kappa shape index (κ1) is 15.7. The van der Waals surface area contributed by atoms with Crippen LogP contribution < -0.4 is 5.73 Å². The average molecular weight is 309 g/mol. The number of carbonyl (C=O) groups is 2. The summed E-state index contributed by atoms with van der Waals surface area (Å²) in [7, 11) is 0. The van der Waals surface area contributed by atoms with Crippen LogP contribution in [-0.2, 0) is 9.59 Å². The van der Waals surface area contributed by atoms with Crippen molar-refractivity contribution >= 4 is 11.8 Å². The summed E-state index contributed by atoms with van der Waals surface area (Å²) in [6.45, 7) is 4.62. The lowest BCUT2D eigenvalue weighted by Crippen LogP contribution is -2.52. The van der Waals surface area contributed by atoms with Gasteiger partial charge >= 0.3 is 0 Å². The van der Waals surface area contributed by atoms with Crippen molar-refractivity contribution in [3.63, 3.8) is 0 Å². The Morgan fingerprint density at radius 3 is 2.32 bits per heavy atom. The zero-order valence-corrected chi connectivity index (χ0v) is 13.2. The van der Waals surface area contributed by atoms with E-state index in [9.17, 15) is 14.7 Å². The summed E-state index contributed by atoms with van der Waals surface area (Å²) in [4.78, 5) is 28.5. The maximum absolute atomic E-state index is 12.7. The molecule has 124 valence electrons. The maximum atomic E-state index is 12.7. The number of nitrogens with two attached hydrogens (primary N) is 1. The monoisotopic (exact) mass is 309 g/mol. The molecule has 0 aromatic heterocycles. The molecule has 6 heteroatoms. The Morgan fingerprint density at radius 2 is 1.77 bits per heavy atom. The number of aliphatic hydroxyl groups is 1. The molecule has 1 saturated carbocycles. The fraction of sp³-hybridized carbons (Fsp3) is 0.875. The van der Waals surface area contributed by atoms with Crippen LogP contribution in [0.15, 0.2) is 0 Å². The first-order valence-electron chi connectivity index (χ1n) is 8.47. The molecule has 3 fully saturated rings. The van der Waals surface area contributed by atoms with Gasteiger partial charge in [-0.1, -0.05) is 0 Å². The Balaban J connectivity index is 1.65. The van der Waals surface area contributed by atoms with E-state index in [0.717, 1.165) is 26.1 Å². The van der Waals surface area contributed by atoms with Crippen molar-refractivity contribution in [2.75, 3.05) is 39.3 Å². The molecule has 1 aliphatic carbocycles. The Labute approximate surface area is 131 Å². The van der Waals surface area contributed by atoms with Gasteiger partial charge < -0.3 is 20.6 Å². The molecule has 0 radical (unpaired) electrons. The summed E-state index contributed by atoms with van der Waals surface area (Å²) in [5.41, 5.74) is 4.50. The second-order valence-electron chi connectivity index (χ2n) is 7.31. The summed E-state index contributed by atoms with van der Waals surface area (Å²) in [5.74, 6) is -0.0881. The van der Waals surface area contributed by atoms with Crippen molar-refractivity contribution < 1.29 is 14.7 Å². The highest BCUT2D eigenvalue weighted by Gasteiger charge is 2.57. The minimum atomic E-state index is -0.935. The number of rotatable bonds is 5. The van der Waals surface area contributed by atoms with Crippen molar-refractivity contribution in [1.29, 1.82) is 0 Å². The number of nitrogens with zero attached hydrogens (tertiary/aromatic N) is 2. The standard InChI is InChI=1S/C16H27N3O3/c17-14(21)16(3-4-16)15(22)19-9-12(7-13(10-19)11-20)8-18-5-1-2-6-18/h12-13,20H,1-11H2,(H2,17,21)/t12-,13+/m1/s1. The second-order valence-corrected chi connectivity index (χ2v) is 7.31. The molecule has 2 aliphatic heterocycles. The van der Waals surface area contributed by atoms with E-state index < -0.39 is 11.3 Å². The smallest absolute Gasteiger partial charge is 0.238 e. The molecule has 3 rings (SSSR count). The van der Waals surface area contributed by atoms with Gasteiger partial charge in [-0.2, -0.15) is 0 Å². The van der Waals surface area contributed by atoms with E-state index in [1.807, 2.05) is 0 Å². The van der Waals surface area contributed by atoms with Crippen LogP contribution in [0.3, 0.4) is 0 Å². The quantitative estimate of drug-likeness (QED) is 0.689. The number of hydrogen-bond donors (Lipinski definition) is 2. The zero-order chi connectivity index (χ0) is 15.7. The van der Waals surface area contributed by atoms with E-state index in [1.165, 1.54) is 12.8 Å². The molecular weight excluding hydrogens is 282 g/mol. The zero-order valence-electron chi connectivity index (χ0n) is 13.2. The van der Waals surface area contributed by atoms with Crippen molar-refractivity contribution in [2.24, 2.45) is 23.0 Å². The highest BCUT2D eigenvalue weighted by atomic mass is 16.3. The number of piperidine rings is 1. The van der Waals surface area contributed by atoms with Gasteiger partial charge in [0.1, 0.15) is 5.41 Å². The number of aliphatic hydroxyl groups excluding tert-OH is 1. The molecule has 0 aromatic rings. The summed E-state index contributed by atoms with van der Waals surface area (Å²) < 4.78 is 0. The molecule has 22 heavy (non-hydrogen) atoms.